The van der Waals surface area contributed by atoms with E-state index < -0.39 is 0 Å². The van der Waals surface area contributed by atoms with Crippen molar-refractivity contribution in [2.45, 2.75) is 12.8 Å². The van der Waals surface area contributed by atoms with Crippen molar-refractivity contribution >= 4 is 6.41 Å². The molecule has 0 aromatic carbocycles. The minimum atomic E-state index is 0.913. The number of hydrogen-bond donors (Lipinski definition) is 1. The molecule has 1 aliphatic rings. The van der Waals surface area contributed by atoms with Crippen LogP contribution in [0.15, 0.2) is 0 Å². The average molecular weight is 142 g/mol. The first-order chi connectivity index (χ1) is 4.93. The van der Waals surface area contributed by atoms with Gasteiger partial charge in [0.2, 0.25) is 6.41 Å². The van der Waals surface area contributed by atoms with Crippen molar-refractivity contribution in [1.82, 2.24) is 10.2 Å². The molecule has 1 heterocycles. The Balaban J connectivity index is 2.22. The Hall–Kier alpha value is -0.570. The molecule has 0 spiro atoms. The summed E-state index contributed by atoms with van der Waals surface area (Å²) in [6.45, 7) is 3.92. The van der Waals surface area contributed by atoms with E-state index in [2.05, 4.69) is 5.32 Å². The number of hydrogen-bond acceptors (Lipinski definition) is 2. The van der Waals surface area contributed by atoms with Crippen molar-refractivity contribution in [1.29, 1.82) is 0 Å². The van der Waals surface area contributed by atoms with Crippen molar-refractivity contribution in [3.05, 3.63) is 0 Å². The fourth-order valence-corrected chi connectivity index (χ4v) is 1.16. The highest BCUT2D eigenvalue weighted by atomic mass is 16.1. The molecule has 1 saturated heterocycles. The third-order valence-electron chi connectivity index (χ3n) is 1.75. The molecule has 1 fully saturated rings. The maximum atomic E-state index is 10.3. The van der Waals surface area contributed by atoms with Crippen LogP contribution in [0.25, 0.3) is 0 Å². The molecular formula is C7H14N2O. The fourth-order valence-electron chi connectivity index (χ4n) is 1.16. The van der Waals surface area contributed by atoms with Crippen LogP contribution in [0.4, 0.5) is 0 Å². The summed E-state index contributed by atoms with van der Waals surface area (Å²) < 4.78 is 0. The number of nitrogens with zero attached hydrogens (tertiary/aromatic N) is 1. The van der Waals surface area contributed by atoms with Gasteiger partial charge in [0.1, 0.15) is 0 Å². The summed E-state index contributed by atoms with van der Waals surface area (Å²) in [7, 11) is 0. The quantitative estimate of drug-likeness (QED) is 0.515. The lowest BCUT2D eigenvalue weighted by Gasteiger charge is -2.20. The van der Waals surface area contributed by atoms with Crippen LogP contribution in [-0.4, -0.2) is 37.5 Å². The van der Waals surface area contributed by atoms with Gasteiger partial charge in [0.25, 0.3) is 0 Å². The number of carbonyl (C=O) groups is 1. The van der Waals surface area contributed by atoms with E-state index in [-0.39, 0.29) is 0 Å². The Morgan fingerprint density at radius 2 is 1.80 bits per heavy atom. The van der Waals surface area contributed by atoms with Gasteiger partial charge in [-0.1, -0.05) is 0 Å². The summed E-state index contributed by atoms with van der Waals surface area (Å²) in [6, 6.07) is 0. The van der Waals surface area contributed by atoms with Crippen molar-refractivity contribution in [3.63, 3.8) is 0 Å². The largest absolute Gasteiger partial charge is 0.345 e. The van der Waals surface area contributed by atoms with Crippen molar-refractivity contribution in [3.8, 4) is 0 Å². The van der Waals surface area contributed by atoms with Crippen LogP contribution in [0.5, 0.6) is 0 Å². The molecule has 0 atom stereocenters. The number of amides is 1. The summed E-state index contributed by atoms with van der Waals surface area (Å²) in [5.41, 5.74) is 0. The Labute approximate surface area is 61.4 Å². The van der Waals surface area contributed by atoms with Crippen LogP contribution >= 0.6 is 0 Å². The van der Waals surface area contributed by atoms with Crippen LogP contribution in [0.2, 0.25) is 0 Å². The monoisotopic (exact) mass is 142 g/mol. The Bertz CT molecular complexity index is 97.8. The molecule has 1 N–H and O–H groups in total. The van der Waals surface area contributed by atoms with Gasteiger partial charge in [-0.3, -0.25) is 4.79 Å². The summed E-state index contributed by atoms with van der Waals surface area (Å²) in [6.07, 6.45) is 3.11. The molecule has 1 amide bonds. The van der Waals surface area contributed by atoms with Gasteiger partial charge < -0.3 is 10.2 Å². The molecule has 0 bridgehead atoms. The fraction of sp³-hybridized carbons (Fsp3) is 0.857. The van der Waals surface area contributed by atoms with Crippen LogP contribution in [0, 0.1) is 0 Å². The second-order valence-corrected chi connectivity index (χ2v) is 2.60. The second-order valence-electron chi connectivity index (χ2n) is 2.60. The first-order valence-corrected chi connectivity index (χ1v) is 3.83. The van der Waals surface area contributed by atoms with Gasteiger partial charge >= 0.3 is 0 Å². The molecule has 0 aliphatic carbocycles. The topological polar surface area (TPSA) is 32.3 Å². The van der Waals surface area contributed by atoms with E-state index in [1.165, 1.54) is 0 Å². The van der Waals surface area contributed by atoms with Gasteiger partial charge in [0, 0.05) is 13.1 Å². The van der Waals surface area contributed by atoms with E-state index in [0.29, 0.717) is 0 Å². The highest BCUT2D eigenvalue weighted by Crippen LogP contribution is 1.92. The van der Waals surface area contributed by atoms with Gasteiger partial charge in [-0.25, -0.2) is 0 Å². The predicted molar refractivity (Wildman–Crippen MR) is 39.7 cm³/mol. The number of carbonyl (C=O) groups excluding carboxylic acids is 1. The van der Waals surface area contributed by atoms with E-state index in [1.807, 2.05) is 4.90 Å². The lowest BCUT2D eigenvalue weighted by molar-refractivity contribution is -0.118. The molecule has 1 aliphatic heterocycles. The average Bonchev–Trinajstić information content (AvgIpc) is 1.87. The molecule has 0 aromatic rings. The minimum absolute atomic E-state index is 0.913. The third kappa shape index (κ3) is 2.35. The Morgan fingerprint density at radius 3 is 2.30 bits per heavy atom. The molecular weight excluding hydrogens is 128 g/mol. The first kappa shape index (κ1) is 7.54. The lowest BCUT2D eigenvalue weighted by Crippen LogP contribution is -2.32. The SMILES string of the molecule is O=CN1CCCNCCC1. The highest BCUT2D eigenvalue weighted by molar-refractivity contribution is 5.46. The van der Waals surface area contributed by atoms with E-state index in [9.17, 15) is 4.79 Å². The molecule has 0 unspecified atom stereocenters. The van der Waals surface area contributed by atoms with Gasteiger partial charge in [0.15, 0.2) is 0 Å². The number of rotatable bonds is 1. The molecule has 10 heavy (non-hydrogen) atoms. The normalized spacial score (nSPS) is 21.4. The van der Waals surface area contributed by atoms with E-state index in [4.69, 9.17) is 0 Å². The third-order valence-corrected chi connectivity index (χ3v) is 1.75. The molecule has 3 nitrogen and oxygen atoms in total. The van der Waals surface area contributed by atoms with E-state index >= 15 is 0 Å². The summed E-state index contributed by atoms with van der Waals surface area (Å²) in [5, 5.41) is 3.29. The molecule has 0 aromatic heterocycles. The smallest absolute Gasteiger partial charge is 0.209 e. The maximum absolute atomic E-state index is 10.3. The molecule has 58 valence electrons. The van der Waals surface area contributed by atoms with Gasteiger partial charge in [0.05, 0.1) is 0 Å². The van der Waals surface area contributed by atoms with Gasteiger partial charge in [-0.2, -0.15) is 0 Å². The standard InChI is InChI=1S/C7H14N2O/c10-7-9-5-1-3-8-4-2-6-9/h7-8H,1-6H2. The Morgan fingerprint density at radius 1 is 1.20 bits per heavy atom. The minimum Gasteiger partial charge on any atom is -0.345 e. The van der Waals surface area contributed by atoms with Gasteiger partial charge in [-0.15, -0.1) is 0 Å². The molecule has 0 radical (unpaired) electrons. The molecule has 0 saturated carbocycles. The van der Waals surface area contributed by atoms with Crippen molar-refractivity contribution < 1.29 is 4.79 Å². The summed E-state index contributed by atoms with van der Waals surface area (Å²) in [4.78, 5) is 12.2. The van der Waals surface area contributed by atoms with Crippen molar-refractivity contribution in [2.24, 2.45) is 0 Å². The lowest BCUT2D eigenvalue weighted by atomic mass is 10.3. The maximum Gasteiger partial charge on any atom is 0.209 e. The zero-order valence-electron chi connectivity index (χ0n) is 6.18. The molecule has 3 heteroatoms. The zero-order valence-corrected chi connectivity index (χ0v) is 6.18. The summed E-state index contributed by atoms with van der Waals surface area (Å²) in [5.74, 6) is 0. The second kappa shape index (κ2) is 4.28. The number of nitrogens with one attached hydrogen (secondary N) is 1. The van der Waals surface area contributed by atoms with Crippen LogP contribution < -0.4 is 5.32 Å². The van der Waals surface area contributed by atoms with E-state index in [1.54, 1.807) is 0 Å². The predicted octanol–water partition coefficient (Wildman–Crippen LogP) is -0.172. The molecule has 1 rings (SSSR count). The van der Waals surface area contributed by atoms with Crippen LogP contribution in [0.3, 0.4) is 0 Å². The van der Waals surface area contributed by atoms with Gasteiger partial charge in [-0.05, 0) is 25.9 Å². The first-order valence-electron chi connectivity index (χ1n) is 3.83. The van der Waals surface area contributed by atoms with Crippen LogP contribution in [0.1, 0.15) is 12.8 Å². The highest BCUT2D eigenvalue weighted by Gasteiger charge is 2.02. The van der Waals surface area contributed by atoms with Crippen LogP contribution in [-0.2, 0) is 4.79 Å². The zero-order chi connectivity index (χ0) is 7.23. The summed E-state index contributed by atoms with van der Waals surface area (Å²) >= 11 is 0. The van der Waals surface area contributed by atoms with E-state index in [0.717, 1.165) is 45.4 Å². The van der Waals surface area contributed by atoms with Crippen molar-refractivity contribution in [2.75, 3.05) is 26.2 Å². The Kier molecular flexibility index (Phi) is 3.22.